The molecule has 0 fully saturated rings. The number of thioether (sulfide) groups is 1. The van der Waals surface area contributed by atoms with Crippen LogP contribution in [0.1, 0.15) is 34.8 Å². The monoisotopic (exact) mass is 269 g/mol. The van der Waals surface area contributed by atoms with Crippen molar-refractivity contribution in [2.24, 2.45) is 0 Å². The minimum atomic E-state index is 0.252. The van der Waals surface area contributed by atoms with Gasteiger partial charge in [0.15, 0.2) is 0 Å². The number of hydrogen-bond donors (Lipinski definition) is 0. The van der Waals surface area contributed by atoms with Gasteiger partial charge in [0.2, 0.25) is 0 Å². The number of benzene rings is 1. The molecular weight excluding hydrogens is 254 g/mol. The average Bonchev–Trinajstić information content (AvgIpc) is 2.39. The first-order chi connectivity index (χ1) is 9.11. The zero-order chi connectivity index (χ0) is 13.8. The molecule has 0 saturated heterocycles. The molecule has 1 aromatic heterocycles. The van der Waals surface area contributed by atoms with Crippen molar-refractivity contribution >= 4 is 11.8 Å². The molecule has 4 heteroatoms. The minimum absolute atomic E-state index is 0.252. The van der Waals surface area contributed by atoms with Crippen LogP contribution in [-0.4, -0.2) is 9.97 Å². The van der Waals surface area contributed by atoms with E-state index >= 15 is 0 Å². The van der Waals surface area contributed by atoms with Gasteiger partial charge in [-0.1, -0.05) is 42.1 Å². The summed E-state index contributed by atoms with van der Waals surface area (Å²) in [7, 11) is 0. The molecule has 19 heavy (non-hydrogen) atoms. The van der Waals surface area contributed by atoms with Crippen molar-refractivity contribution in [3.05, 3.63) is 53.0 Å². The van der Waals surface area contributed by atoms with Crippen molar-refractivity contribution in [3.8, 4) is 6.07 Å². The highest BCUT2D eigenvalue weighted by atomic mass is 32.2. The average molecular weight is 269 g/mol. The normalized spacial score (nSPS) is 11.9. The van der Waals surface area contributed by atoms with Gasteiger partial charge < -0.3 is 0 Å². The summed E-state index contributed by atoms with van der Waals surface area (Å²) in [5, 5.41) is 10.2. The molecule has 0 bridgehead atoms. The fourth-order valence-corrected chi connectivity index (χ4v) is 2.98. The van der Waals surface area contributed by atoms with E-state index in [0.717, 1.165) is 10.7 Å². The van der Waals surface area contributed by atoms with Crippen LogP contribution < -0.4 is 0 Å². The van der Waals surface area contributed by atoms with Crippen LogP contribution in [0.25, 0.3) is 0 Å². The Bertz CT molecular complexity index is 617. The molecule has 1 unspecified atom stereocenters. The third kappa shape index (κ3) is 3.12. The van der Waals surface area contributed by atoms with Gasteiger partial charge in [-0.3, -0.25) is 0 Å². The number of hydrogen-bond acceptors (Lipinski definition) is 4. The summed E-state index contributed by atoms with van der Waals surface area (Å²) in [6, 6.07) is 12.4. The third-order valence-electron chi connectivity index (χ3n) is 2.84. The van der Waals surface area contributed by atoms with E-state index in [4.69, 9.17) is 0 Å². The van der Waals surface area contributed by atoms with Crippen LogP contribution in [-0.2, 0) is 0 Å². The highest BCUT2D eigenvalue weighted by Gasteiger charge is 2.14. The van der Waals surface area contributed by atoms with E-state index in [0.29, 0.717) is 11.4 Å². The number of aryl methyl sites for hydroxylation is 2. The van der Waals surface area contributed by atoms with Crippen molar-refractivity contribution in [3.63, 3.8) is 0 Å². The quantitative estimate of drug-likeness (QED) is 0.628. The number of nitrogens with zero attached hydrogens (tertiary/aromatic N) is 3. The van der Waals surface area contributed by atoms with Gasteiger partial charge in [-0.15, -0.1) is 0 Å². The van der Waals surface area contributed by atoms with Crippen LogP contribution in [0.3, 0.4) is 0 Å². The second-order valence-electron chi connectivity index (χ2n) is 4.32. The van der Waals surface area contributed by atoms with Crippen molar-refractivity contribution in [2.75, 3.05) is 0 Å². The van der Waals surface area contributed by atoms with Crippen LogP contribution >= 0.6 is 11.8 Å². The van der Waals surface area contributed by atoms with E-state index in [9.17, 15) is 5.26 Å². The maximum absolute atomic E-state index is 9.23. The van der Waals surface area contributed by atoms with Crippen LogP contribution in [0.2, 0.25) is 0 Å². The van der Waals surface area contributed by atoms with Crippen molar-refractivity contribution in [1.82, 2.24) is 9.97 Å². The molecule has 0 aliphatic heterocycles. The van der Waals surface area contributed by atoms with Gasteiger partial charge in [0.25, 0.3) is 0 Å². The van der Waals surface area contributed by atoms with Gasteiger partial charge in [0, 0.05) is 5.25 Å². The maximum atomic E-state index is 9.23. The first-order valence-electron chi connectivity index (χ1n) is 6.08. The molecule has 0 aliphatic carbocycles. The Balaban J connectivity index is 2.32. The topological polar surface area (TPSA) is 49.6 Å². The molecule has 0 aliphatic rings. The molecule has 1 atom stereocenters. The van der Waals surface area contributed by atoms with E-state index in [-0.39, 0.29) is 5.25 Å². The van der Waals surface area contributed by atoms with Crippen LogP contribution in [0.15, 0.2) is 35.4 Å². The summed E-state index contributed by atoms with van der Waals surface area (Å²) in [6.45, 7) is 5.82. The van der Waals surface area contributed by atoms with Gasteiger partial charge >= 0.3 is 0 Å². The third-order valence-corrected chi connectivity index (χ3v) is 3.98. The van der Waals surface area contributed by atoms with Gasteiger partial charge in [0.1, 0.15) is 22.5 Å². The smallest absolute Gasteiger partial charge is 0.126 e. The van der Waals surface area contributed by atoms with E-state index in [1.807, 2.05) is 32.0 Å². The summed E-state index contributed by atoms with van der Waals surface area (Å²) in [6.07, 6.45) is 0. The van der Waals surface area contributed by atoms with Gasteiger partial charge in [-0.05, 0) is 26.3 Å². The molecule has 96 valence electrons. The highest BCUT2D eigenvalue weighted by molar-refractivity contribution is 7.99. The molecule has 1 aromatic carbocycles. The van der Waals surface area contributed by atoms with Crippen molar-refractivity contribution in [1.29, 1.82) is 5.26 Å². The van der Waals surface area contributed by atoms with E-state index in [1.54, 1.807) is 11.8 Å². The van der Waals surface area contributed by atoms with Crippen LogP contribution in [0, 0.1) is 25.2 Å². The molecule has 0 amide bonds. The SMILES string of the molecule is Cc1nc(C)c(C#N)c(SC(C)c2ccccc2)n1. The lowest BCUT2D eigenvalue weighted by Crippen LogP contribution is -2.00. The summed E-state index contributed by atoms with van der Waals surface area (Å²) in [4.78, 5) is 8.64. The van der Waals surface area contributed by atoms with Gasteiger partial charge in [-0.25, -0.2) is 9.97 Å². The van der Waals surface area contributed by atoms with Crippen LogP contribution in [0.5, 0.6) is 0 Å². The summed E-state index contributed by atoms with van der Waals surface area (Å²) >= 11 is 1.60. The fourth-order valence-electron chi connectivity index (χ4n) is 1.85. The van der Waals surface area contributed by atoms with Crippen molar-refractivity contribution in [2.45, 2.75) is 31.0 Å². The Labute approximate surface area is 117 Å². The summed E-state index contributed by atoms with van der Waals surface area (Å²) in [5.74, 6) is 0.708. The Morgan fingerprint density at radius 3 is 2.47 bits per heavy atom. The molecule has 0 spiro atoms. The van der Waals surface area contributed by atoms with Crippen molar-refractivity contribution < 1.29 is 0 Å². The lowest BCUT2D eigenvalue weighted by Gasteiger charge is -2.13. The lowest BCUT2D eigenvalue weighted by atomic mass is 10.2. The predicted molar refractivity (Wildman–Crippen MR) is 76.9 cm³/mol. The van der Waals surface area contributed by atoms with Crippen LogP contribution in [0.4, 0.5) is 0 Å². The summed E-state index contributed by atoms with van der Waals surface area (Å²) < 4.78 is 0. The minimum Gasteiger partial charge on any atom is -0.237 e. The molecule has 0 radical (unpaired) electrons. The van der Waals surface area contributed by atoms with E-state index < -0.39 is 0 Å². The molecule has 0 N–H and O–H groups in total. The Morgan fingerprint density at radius 2 is 1.84 bits per heavy atom. The number of nitriles is 1. The second kappa shape index (κ2) is 5.85. The Kier molecular flexibility index (Phi) is 4.18. The Hall–Kier alpha value is -1.86. The molecule has 3 nitrogen and oxygen atoms in total. The largest absolute Gasteiger partial charge is 0.237 e. The van der Waals surface area contributed by atoms with E-state index in [1.165, 1.54) is 5.56 Å². The van der Waals surface area contributed by atoms with E-state index in [2.05, 4.69) is 35.1 Å². The van der Waals surface area contributed by atoms with Gasteiger partial charge in [0.05, 0.1) is 5.69 Å². The lowest BCUT2D eigenvalue weighted by molar-refractivity contribution is 0.917. The standard InChI is InChI=1S/C15H15N3S/c1-10-14(9-16)15(18-12(3)17-10)19-11(2)13-7-5-4-6-8-13/h4-8,11H,1-3H3. The molecular formula is C15H15N3S. The molecule has 1 heterocycles. The molecule has 0 saturated carbocycles. The number of aromatic nitrogens is 2. The highest BCUT2D eigenvalue weighted by Crippen LogP contribution is 2.35. The summed E-state index contributed by atoms with van der Waals surface area (Å²) in [5.41, 5.74) is 2.56. The molecule has 2 aromatic rings. The first kappa shape index (κ1) is 13.6. The maximum Gasteiger partial charge on any atom is 0.126 e. The fraction of sp³-hybridized carbons (Fsp3) is 0.267. The first-order valence-corrected chi connectivity index (χ1v) is 6.96. The predicted octanol–water partition coefficient (Wildman–Crippen LogP) is 3.82. The van der Waals surface area contributed by atoms with Gasteiger partial charge in [-0.2, -0.15) is 5.26 Å². The second-order valence-corrected chi connectivity index (χ2v) is 5.65. The Morgan fingerprint density at radius 1 is 1.16 bits per heavy atom. The molecule has 2 rings (SSSR count). The number of rotatable bonds is 3. The zero-order valence-electron chi connectivity index (χ0n) is 11.2. The zero-order valence-corrected chi connectivity index (χ0v) is 12.0.